The van der Waals surface area contributed by atoms with Gasteiger partial charge in [-0.1, -0.05) is 6.07 Å². The Balaban J connectivity index is 2.08. The first-order chi connectivity index (χ1) is 11.9. The summed E-state index contributed by atoms with van der Waals surface area (Å²) in [6, 6.07) is 1.39. The first-order valence-electron chi connectivity index (χ1n) is 7.87. The topological polar surface area (TPSA) is 101 Å². The van der Waals surface area contributed by atoms with Gasteiger partial charge in [-0.3, -0.25) is 4.79 Å². The molecule has 1 fully saturated rings. The summed E-state index contributed by atoms with van der Waals surface area (Å²) in [5.41, 5.74) is 0. The molecule has 0 radical (unpaired) electrons. The zero-order valence-corrected chi connectivity index (χ0v) is 15.9. The first-order valence-corrected chi connectivity index (χ1v) is 11.3. The molecule has 0 aliphatic carbocycles. The fraction of sp³-hybridized carbons (Fsp3) is 0.533. The van der Waals surface area contributed by atoms with Crippen molar-refractivity contribution in [2.45, 2.75) is 36.0 Å². The van der Waals surface area contributed by atoms with Gasteiger partial charge in [-0.2, -0.15) is 4.72 Å². The molecule has 0 bridgehead atoms. The van der Waals surface area contributed by atoms with E-state index in [-0.39, 0.29) is 25.9 Å². The molecule has 1 unspecified atom stereocenters. The molecule has 1 aromatic carbocycles. The quantitative estimate of drug-likeness (QED) is 0.769. The normalized spacial score (nSPS) is 17.9. The Labute approximate surface area is 151 Å². The SMILES string of the molecule is CC(NS(=O)(=O)c1c(F)cccc1F)C(=O)N1CCC(S(C)(=O)=O)CC1. The van der Waals surface area contributed by atoms with Crippen molar-refractivity contribution >= 4 is 25.8 Å². The molecule has 146 valence electrons. The highest BCUT2D eigenvalue weighted by atomic mass is 32.2. The van der Waals surface area contributed by atoms with Crippen LogP contribution in [0, 0.1) is 11.6 Å². The average Bonchev–Trinajstić information content (AvgIpc) is 2.52. The standard InChI is InChI=1S/C15H20F2N2O5S2/c1-10(15(20)19-8-6-11(7-9-19)25(2,21)22)18-26(23,24)14-12(16)4-3-5-13(14)17/h3-5,10-11,18H,6-9H2,1-2H3. The van der Waals surface area contributed by atoms with Crippen molar-refractivity contribution in [1.82, 2.24) is 9.62 Å². The number of hydrogen-bond acceptors (Lipinski definition) is 5. The monoisotopic (exact) mass is 410 g/mol. The van der Waals surface area contributed by atoms with Crippen molar-refractivity contribution in [2.75, 3.05) is 19.3 Å². The van der Waals surface area contributed by atoms with Gasteiger partial charge in [0.1, 0.15) is 21.5 Å². The lowest BCUT2D eigenvalue weighted by Crippen LogP contribution is -2.50. The second-order valence-electron chi connectivity index (χ2n) is 6.25. The summed E-state index contributed by atoms with van der Waals surface area (Å²) >= 11 is 0. The number of benzene rings is 1. The number of halogens is 2. The average molecular weight is 410 g/mol. The highest BCUT2D eigenvalue weighted by Crippen LogP contribution is 2.20. The van der Waals surface area contributed by atoms with Gasteiger partial charge in [0.2, 0.25) is 15.9 Å². The van der Waals surface area contributed by atoms with E-state index in [0.717, 1.165) is 24.5 Å². The van der Waals surface area contributed by atoms with Crippen molar-refractivity contribution in [2.24, 2.45) is 0 Å². The summed E-state index contributed by atoms with van der Waals surface area (Å²) in [7, 11) is -7.78. The summed E-state index contributed by atoms with van der Waals surface area (Å²) in [5.74, 6) is -3.10. The summed E-state index contributed by atoms with van der Waals surface area (Å²) in [4.78, 5) is 12.6. The van der Waals surface area contributed by atoms with Gasteiger partial charge in [0, 0.05) is 19.3 Å². The van der Waals surface area contributed by atoms with Gasteiger partial charge in [0.05, 0.1) is 11.3 Å². The molecule has 1 atom stereocenters. The maximum atomic E-state index is 13.7. The number of piperidine rings is 1. The van der Waals surface area contributed by atoms with E-state index in [2.05, 4.69) is 0 Å². The number of carbonyl (C=O) groups is 1. The second-order valence-corrected chi connectivity index (χ2v) is 10.2. The minimum absolute atomic E-state index is 0.163. The molecule has 0 aromatic heterocycles. The van der Waals surface area contributed by atoms with Crippen molar-refractivity contribution in [3.63, 3.8) is 0 Å². The molecule has 1 aromatic rings. The van der Waals surface area contributed by atoms with Gasteiger partial charge < -0.3 is 4.90 Å². The second kappa shape index (κ2) is 7.57. The number of nitrogens with zero attached hydrogens (tertiary/aromatic N) is 1. The van der Waals surface area contributed by atoms with Crippen LogP contribution in [0.15, 0.2) is 23.1 Å². The van der Waals surface area contributed by atoms with E-state index in [9.17, 15) is 30.4 Å². The van der Waals surface area contributed by atoms with Crippen LogP contribution < -0.4 is 4.72 Å². The van der Waals surface area contributed by atoms with Gasteiger partial charge in [-0.25, -0.2) is 25.6 Å². The maximum Gasteiger partial charge on any atom is 0.247 e. The molecule has 26 heavy (non-hydrogen) atoms. The molecule has 1 aliphatic rings. The zero-order chi connectivity index (χ0) is 19.7. The number of sulfone groups is 1. The van der Waals surface area contributed by atoms with Crippen LogP contribution in [0.25, 0.3) is 0 Å². The minimum Gasteiger partial charge on any atom is -0.341 e. The Hall–Kier alpha value is -1.59. The van der Waals surface area contributed by atoms with Crippen molar-refractivity contribution in [1.29, 1.82) is 0 Å². The maximum absolute atomic E-state index is 13.7. The van der Waals surface area contributed by atoms with E-state index >= 15 is 0 Å². The van der Waals surface area contributed by atoms with Gasteiger partial charge >= 0.3 is 0 Å². The predicted octanol–water partition coefficient (Wildman–Crippen LogP) is 0.667. The van der Waals surface area contributed by atoms with Crippen LogP contribution in [0.1, 0.15) is 19.8 Å². The van der Waals surface area contributed by atoms with Crippen molar-refractivity contribution in [3.05, 3.63) is 29.8 Å². The van der Waals surface area contributed by atoms with Gasteiger partial charge in [0.25, 0.3) is 0 Å². The highest BCUT2D eigenvalue weighted by molar-refractivity contribution is 7.91. The largest absolute Gasteiger partial charge is 0.341 e. The summed E-state index contributed by atoms with van der Waals surface area (Å²) in [6.45, 7) is 1.59. The molecule has 0 spiro atoms. The van der Waals surface area contributed by atoms with Crippen LogP contribution >= 0.6 is 0 Å². The van der Waals surface area contributed by atoms with Crippen LogP contribution in [0.4, 0.5) is 8.78 Å². The van der Waals surface area contributed by atoms with Gasteiger partial charge in [0.15, 0.2) is 4.90 Å². The highest BCUT2D eigenvalue weighted by Gasteiger charge is 2.33. The third kappa shape index (κ3) is 4.57. The Morgan fingerprint density at radius 1 is 1.15 bits per heavy atom. The molecule has 1 heterocycles. The number of amides is 1. The van der Waals surface area contributed by atoms with Crippen LogP contribution in [-0.2, 0) is 24.7 Å². The molecule has 0 saturated carbocycles. The zero-order valence-electron chi connectivity index (χ0n) is 14.3. The molecule has 1 aliphatic heterocycles. The first kappa shape index (κ1) is 20.7. The smallest absolute Gasteiger partial charge is 0.247 e. The van der Waals surface area contributed by atoms with Crippen molar-refractivity contribution < 1.29 is 30.4 Å². The van der Waals surface area contributed by atoms with Gasteiger partial charge in [-0.05, 0) is 31.9 Å². The Bertz CT molecular complexity index is 874. The fourth-order valence-electron chi connectivity index (χ4n) is 2.86. The van der Waals surface area contributed by atoms with E-state index in [1.54, 1.807) is 0 Å². The third-order valence-corrected chi connectivity index (χ3v) is 7.52. The molecule has 11 heteroatoms. The lowest BCUT2D eigenvalue weighted by molar-refractivity contribution is -0.133. The number of sulfonamides is 1. The van der Waals surface area contributed by atoms with E-state index in [4.69, 9.17) is 0 Å². The minimum atomic E-state index is -4.58. The van der Waals surface area contributed by atoms with Crippen LogP contribution in [0.2, 0.25) is 0 Å². The number of likely N-dealkylation sites (tertiary alicyclic amines) is 1. The van der Waals surface area contributed by atoms with Gasteiger partial charge in [-0.15, -0.1) is 0 Å². The number of hydrogen-bond donors (Lipinski definition) is 1. The van der Waals surface area contributed by atoms with Crippen LogP contribution in [0.5, 0.6) is 0 Å². The number of carbonyl (C=O) groups excluding carboxylic acids is 1. The molecule has 7 nitrogen and oxygen atoms in total. The number of rotatable bonds is 5. The lowest BCUT2D eigenvalue weighted by Gasteiger charge is -2.32. The predicted molar refractivity (Wildman–Crippen MR) is 90.6 cm³/mol. The molecule has 2 rings (SSSR count). The Kier molecular flexibility index (Phi) is 6.03. The Morgan fingerprint density at radius 3 is 2.12 bits per heavy atom. The lowest BCUT2D eigenvalue weighted by atomic mass is 10.1. The molecule has 1 amide bonds. The number of nitrogens with one attached hydrogen (secondary N) is 1. The van der Waals surface area contributed by atoms with E-state index in [1.165, 1.54) is 11.8 Å². The molecular formula is C15H20F2N2O5S2. The van der Waals surface area contributed by atoms with Crippen LogP contribution in [-0.4, -0.2) is 58.3 Å². The summed E-state index contributed by atoms with van der Waals surface area (Å²) < 4.78 is 76.9. The Morgan fingerprint density at radius 2 is 1.65 bits per heavy atom. The summed E-state index contributed by atoms with van der Waals surface area (Å²) in [6.07, 6.45) is 1.65. The fourth-order valence-corrected chi connectivity index (χ4v) is 5.26. The molecule has 1 N–H and O–H groups in total. The van der Waals surface area contributed by atoms with E-state index < -0.39 is 53.6 Å². The van der Waals surface area contributed by atoms with Crippen LogP contribution in [0.3, 0.4) is 0 Å². The molecular weight excluding hydrogens is 390 g/mol. The third-order valence-electron chi connectivity index (χ3n) is 4.25. The van der Waals surface area contributed by atoms with E-state index in [0.29, 0.717) is 0 Å². The molecule has 1 saturated heterocycles. The van der Waals surface area contributed by atoms with E-state index in [1.807, 2.05) is 4.72 Å². The summed E-state index contributed by atoms with van der Waals surface area (Å²) in [5, 5.41) is -0.536. The van der Waals surface area contributed by atoms with Crippen molar-refractivity contribution in [3.8, 4) is 0 Å².